The fraction of sp³-hybridized carbons (Fsp3) is 0.538. The summed E-state index contributed by atoms with van der Waals surface area (Å²) in [5.74, 6) is 0.169. The van der Waals surface area contributed by atoms with Crippen molar-refractivity contribution in [3.63, 3.8) is 0 Å². The zero-order valence-corrected chi connectivity index (χ0v) is 11.0. The van der Waals surface area contributed by atoms with Gasteiger partial charge in [0.05, 0.1) is 17.6 Å². The molecule has 1 aromatic rings. The summed E-state index contributed by atoms with van der Waals surface area (Å²) < 4.78 is 22.8. The summed E-state index contributed by atoms with van der Waals surface area (Å²) in [6.45, 7) is 4.02. The van der Waals surface area contributed by atoms with E-state index in [-0.39, 0.29) is 17.4 Å². The zero-order chi connectivity index (χ0) is 12.6. The van der Waals surface area contributed by atoms with E-state index in [0.717, 1.165) is 11.1 Å². The minimum atomic E-state index is -2.93. The molecule has 0 aromatic heterocycles. The molecule has 4 heteroatoms. The topological polar surface area (TPSA) is 54.4 Å². The van der Waals surface area contributed by atoms with Gasteiger partial charge in [0.2, 0.25) is 0 Å². The van der Waals surface area contributed by atoms with Gasteiger partial charge in [0.15, 0.2) is 9.84 Å². The normalized spacial score (nSPS) is 24.8. The number of hydrogen-bond donors (Lipinski definition) is 1. The molecule has 94 valence electrons. The Labute approximate surface area is 102 Å². The predicted molar refractivity (Wildman–Crippen MR) is 67.6 cm³/mol. The smallest absolute Gasteiger partial charge is 0.150 e. The SMILES string of the molecule is Cc1ccc(C(O)C2CCS(=O)(=O)C2)cc1C. The summed E-state index contributed by atoms with van der Waals surface area (Å²) in [5, 5.41) is 10.2. The number of rotatable bonds is 2. The van der Waals surface area contributed by atoms with Gasteiger partial charge in [-0.15, -0.1) is 0 Å². The Kier molecular flexibility index (Phi) is 3.27. The average Bonchev–Trinajstić information content (AvgIpc) is 2.62. The van der Waals surface area contributed by atoms with Crippen LogP contribution in [0.25, 0.3) is 0 Å². The van der Waals surface area contributed by atoms with Crippen molar-refractivity contribution in [3.8, 4) is 0 Å². The van der Waals surface area contributed by atoms with Gasteiger partial charge in [-0.25, -0.2) is 8.42 Å². The third-order valence-electron chi connectivity index (χ3n) is 3.59. The molecular weight excluding hydrogens is 236 g/mol. The Balaban J connectivity index is 2.20. The lowest BCUT2D eigenvalue weighted by molar-refractivity contribution is 0.121. The molecule has 0 amide bonds. The number of aliphatic hydroxyl groups is 1. The number of aryl methyl sites for hydroxylation is 2. The number of sulfone groups is 1. The summed E-state index contributed by atoms with van der Waals surface area (Å²) in [4.78, 5) is 0. The van der Waals surface area contributed by atoms with Crippen LogP contribution in [0.5, 0.6) is 0 Å². The molecule has 0 aliphatic carbocycles. The maximum Gasteiger partial charge on any atom is 0.150 e. The van der Waals surface area contributed by atoms with E-state index in [2.05, 4.69) is 0 Å². The zero-order valence-electron chi connectivity index (χ0n) is 10.2. The van der Waals surface area contributed by atoms with Crippen LogP contribution in [0, 0.1) is 19.8 Å². The number of hydrogen-bond acceptors (Lipinski definition) is 3. The molecule has 2 rings (SSSR count). The van der Waals surface area contributed by atoms with Crippen molar-refractivity contribution in [3.05, 3.63) is 34.9 Å². The van der Waals surface area contributed by atoms with Crippen molar-refractivity contribution in [1.29, 1.82) is 0 Å². The fourth-order valence-corrected chi connectivity index (χ4v) is 4.12. The molecule has 1 saturated heterocycles. The van der Waals surface area contributed by atoms with Gasteiger partial charge in [-0.2, -0.15) is 0 Å². The van der Waals surface area contributed by atoms with E-state index < -0.39 is 15.9 Å². The van der Waals surface area contributed by atoms with Crippen molar-refractivity contribution in [2.75, 3.05) is 11.5 Å². The molecular formula is C13H18O3S. The monoisotopic (exact) mass is 254 g/mol. The van der Waals surface area contributed by atoms with Crippen LogP contribution < -0.4 is 0 Å². The summed E-state index contributed by atoms with van der Waals surface area (Å²) in [6, 6.07) is 5.81. The van der Waals surface area contributed by atoms with Gasteiger partial charge in [0.25, 0.3) is 0 Å². The highest BCUT2D eigenvalue weighted by Crippen LogP contribution is 2.31. The van der Waals surface area contributed by atoms with Crippen LogP contribution in [0.15, 0.2) is 18.2 Å². The van der Waals surface area contributed by atoms with Crippen LogP contribution in [0.2, 0.25) is 0 Å². The molecule has 1 fully saturated rings. The van der Waals surface area contributed by atoms with Crippen molar-refractivity contribution in [1.82, 2.24) is 0 Å². The minimum Gasteiger partial charge on any atom is -0.388 e. The third kappa shape index (κ3) is 2.69. The molecule has 2 unspecified atom stereocenters. The molecule has 0 saturated carbocycles. The fourth-order valence-electron chi connectivity index (χ4n) is 2.29. The van der Waals surface area contributed by atoms with Crippen LogP contribution >= 0.6 is 0 Å². The molecule has 0 spiro atoms. The first kappa shape index (κ1) is 12.6. The maximum absolute atomic E-state index is 11.4. The molecule has 1 aliphatic rings. The van der Waals surface area contributed by atoms with E-state index in [1.165, 1.54) is 5.56 Å². The summed E-state index contributed by atoms with van der Waals surface area (Å²) in [7, 11) is -2.93. The van der Waals surface area contributed by atoms with Gasteiger partial charge in [0, 0.05) is 5.92 Å². The summed E-state index contributed by atoms with van der Waals surface area (Å²) in [6.07, 6.45) is -0.0947. The largest absolute Gasteiger partial charge is 0.388 e. The number of aliphatic hydroxyl groups excluding tert-OH is 1. The molecule has 1 aliphatic heterocycles. The molecule has 17 heavy (non-hydrogen) atoms. The Bertz CT molecular complexity index is 519. The van der Waals surface area contributed by atoms with Crippen molar-refractivity contribution >= 4 is 9.84 Å². The maximum atomic E-state index is 11.4. The lowest BCUT2D eigenvalue weighted by Crippen LogP contribution is -2.14. The highest BCUT2D eigenvalue weighted by atomic mass is 32.2. The average molecular weight is 254 g/mol. The van der Waals surface area contributed by atoms with E-state index in [4.69, 9.17) is 0 Å². The lowest BCUT2D eigenvalue weighted by Gasteiger charge is -2.18. The molecule has 1 N–H and O–H groups in total. The Hall–Kier alpha value is -0.870. The highest BCUT2D eigenvalue weighted by molar-refractivity contribution is 7.91. The highest BCUT2D eigenvalue weighted by Gasteiger charge is 2.33. The standard InChI is InChI=1S/C13H18O3S/c1-9-3-4-11(7-10(9)2)13(14)12-5-6-17(15,16)8-12/h3-4,7,12-14H,5-6,8H2,1-2H3. The van der Waals surface area contributed by atoms with E-state index >= 15 is 0 Å². The summed E-state index contributed by atoms with van der Waals surface area (Å²) >= 11 is 0. The first-order valence-corrected chi connectivity index (χ1v) is 7.67. The van der Waals surface area contributed by atoms with E-state index in [9.17, 15) is 13.5 Å². The minimum absolute atomic E-state index is 0.112. The van der Waals surface area contributed by atoms with Gasteiger partial charge in [-0.05, 0) is 37.0 Å². The summed E-state index contributed by atoms with van der Waals surface area (Å²) in [5.41, 5.74) is 3.14. The van der Waals surface area contributed by atoms with Crippen LogP contribution in [-0.4, -0.2) is 25.0 Å². The molecule has 3 nitrogen and oxygen atoms in total. The molecule has 0 radical (unpaired) electrons. The second kappa shape index (κ2) is 4.42. The van der Waals surface area contributed by atoms with Gasteiger partial charge < -0.3 is 5.11 Å². The van der Waals surface area contributed by atoms with Gasteiger partial charge in [-0.3, -0.25) is 0 Å². The Morgan fingerprint density at radius 3 is 2.53 bits per heavy atom. The van der Waals surface area contributed by atoms with E-state index in [1.807, 2.05) is 32.0 Å². The van der Waals surface area contributed by atoms with Crippen molar-refractivity contribution in [2.24, 2.45) is 5.92 Å². The lowest BCUT2D eigenvalue weighted by atomic mass is 9.93. The van der Waals surface area contributed by atoms with Gasteiger partial charge in [-0.1, -0.05) is 18.2 Å². The van der Waals surface area contributed by atoms with Crippen molar-refractivity contribution < 1.29 is 13.5 Å². The molecule has 1 aromatic carbocycles. The second-order valence-electron chi connectivity index (χ2n) is 4.95. The van der Waals surface area contributed by atoms with E-state index in [0.29, 0.717) is 6.42 Å². The van der Waals surface area contributed by atoms with Gasteiger partial charge in [0.1, 0.15) is 0 Å². The molecule has 1 heterocycles. The number of benzene rings is 1. The van der Waals surface area contributed by atoms with Crippen LogP contribution in [0.4, 0.5) is 0 Å². The third-order valence-corrected chi connectivity index (χ3v) is 5.38. The Morgan fingerprint density at radius 2 is 2.00 bits per heavy atom. The van der Waals surface area contributed by atoms with Crippen LogP contribution in [0.3, 0.4) is 0 Å². The van der Waals surface area contributed by atoms with Crippen LogP contribution in [0.1, 0.15) is 29.2 Å². The Morgan fingerprint density at radius 1 is 1.29 bits per heavy atom. The second-order valence-corrected chi connectivity index (χ2v) is 7.18. The molecule has 2 atom stereocenters. The van der Waals surface area contributed by atoms with Crippen LogP contribution in [-0.2, 0) is 9.84 Å². The van der Waals surface area contributed by atoms with E-state index in [1.54, 1.807) is 0 Å². The predicted octanol–water partition coefficient (Wildman–Crippen LogP) is 1.77. The first-order chi connectivity index (χ1) is 7.89. The quantitative estimate of drug-likeness (QED) is 0.875. The molecule has 0 bridgehead atoms. The van der Waals surface area contributed by atoms with Gasteiger partial charge >= 0.3 is 0 Å². The first-order valence-electron chi connectivity index (χ1n) is 5.85. The van der Waals surface area contributed by atoms with Crippen molar-refractivity contribution in [2.45, 2.75) is 26.4 Å².